The van der Waals surface area contributed by atoms with Gasteiger partial charge in [-0.05, 0) is 42.5 Å². The highest BCUT2D eigenvalue weighted by atomic mass is 16.4. The molecule has 0 atom stereocenters. The van der Waals surface area contributed by atoms with Gasteiger partial charge in [-0.3, -0.25) is 4.79 Å². The lowest BCUT2D eigenvalue weighted by molar-refractivity contribution is -0.136. The first kappa shape index (κ1) is 12.5. The molecule has 0 aliphatic heterocycles. The lowest BCUT2D eigenvalue weighted by atomic mass is 10.1. The Balaban J connectivity index is 1.94. The monoisotopic (exact) mass is 279 g/mol. The van der Waals surface area contributed by atoms with Gasteiger partial charge in [0, 0.05) is 28.4 Å². The minimum absolute atomic E-state index is 0.0814. The number of aromatic nitrogens is 1. The van der Waals surface area contributed by atoms with Crippen LogP contribution >= 0.6 is 0 Å². The smallest absolute Gasteiger partial charge is 0.307 e. The molecule has 1 aliphatic rings. The van der Waals surface area contributed by atoms with Crippen LogP contribution in [-0.2, 0) is 17.8 Å². The van der Waals surface area contributed by atoms with Gasteiger partial charge >= 0.3 is 5.97 Å². The molecule has 1 N–H and O–H groups in total. The summed E-state index contributed by atoms with van der Waals surface area (Å²) in [6, 6.07) is 14.5. The minimum Gasteiger partial charge on any atom is -0.481 e. The Labute approximate surface area is 122 Å². The molecular formula is C18H17NO2. The van der Waals surface area contributed by atoms with Gasteiger partial charge in [-0.1, -0.05) is 24.3 Å². The van der Waals surface area contributed by atoms with Gasteiger partial charge in [-0.25, -0.2) is 0 Å². The molecule has 0 saturated heterocycles. The van der Waals surface area contributed by atoms with E-state index >= 15 is 0 Å². The van der Waals surface area contributed by atoms with Crippen molar-refractivity contribution in [2.45, 2.75) is 25.8 Å². The molecule has 3 nitrogen and oxygen atoms in total. The molecular weight excluding hydrogens is 262 g/mol. The van der Waals surface area contributed by atoms with Crippen molar-refractivity contribution < 1.29 is 9.90 Å². The Morgan fingerprint density at radius 3 is 2.62 bits per heavy atom. The molecule has 2 aromatic carbocycles. The van der Waals surface area contributed by atoms with Gasteiger partial charge in [0.15, 0.2) is 0 Å². The predicted octanol–water partition coefficient (Wildman–Crippen LogP) is 3.83. The van der Waals surface area contributed by atoms with Crippen molar-refractivity contribution >= 4 is 27.8 Å². The number of rotatable bonds is 4. The molecule has 0 amide bonds. The lowest BCUT2D eigenvalue weighted by Gasteiger charge is -2.06. The average molecular weight is 279 g/mol. The van der Waals surface area contributed by atoms with Crippen LogP contribution in [0.25, 0.3) is 21.8 Å². The molecule has 0 spiro atoms. The summed E-state index contributed by atoms with van der Waals surface area (Å²) in [5, 5.41) is 11.4. The first-order valence-electron chi connectivity index (χ1n) is 7.44. The molecule has 3 aromatic rings. The zero-order chi connectivity index (χ0) is 14.4. The maximum atomic E-state index is 10.9. The van der Waals surface area contributed by atoms with E-state index in [0.29, 0.717) is 0 Å². The summed E-state index contributed by atoms with van der Waals surface area (Å²) in [6.45, 7) is 1.07. The van der Waals surface area contributed by atoms with Crippen LogP contribution in [0, 0.1) is 5.92 Å². The van der Waals surface area contributed by atoms with E-state index in [1.54, 1.807) is 0 Å². The largest absolute Gasteiger partial charge is 0.481 e. The number of hydrogen-bond acceptors (Lipinski definition) is 1. The second-order valence-electron chi connectivity index (χ2n) is 5.99. The highest BCUT2D eigenvalue weighted by molar-refractivity contribution is 6.08. The first-order chi connectivity index (χ1) is 10.2. The second kappa shape index (κ2) is 4.62. The van der Waals surface area contributed by atoms with Crippen LogP contribution in [0.5, 0.6) is 0 Å². The van der Waals surface area contributed by atoms with Crippen molar-refractivity contribution in [3.63, 3.8) is 0 Å². The van der Waals surface area contributed by atoms with E-state index in [0.717, 1.165) is 18.0 Å². The Morgan fingerprint density at radius 2 is 1.86 bits per heavy atom. The summed E-state index contributed by atoms with van der Waals surface area (Å²) in [5.41, 5.74) is 3.34. The normalized spacial score (nSPS) is 14.9. The number of carboxylic acid groups (broad SMARTS) is 1. The molecule has 0 radical (unpaired) electrons. The standard InChI is InChI=1S/C18H17NO2/c20-18(21)10-13-7-8-17-15(9-13)14-3-1-2-4-16(14)19(17)11-12-5-6-12/h1-4,7-9,12H,5-6,10-11H2,(H,20,21). The highest BCUT2D eigenvalue weighted by Crippen LogP contribution is 2.36. The van der Waals surface area contributed by atoms with Gasteiger partial charge < -0.3 is 9.67 Å². The SMILES string of the molecule is O=C(O)Cc1ccc2c(c1)c1ccccc1n2CC1CC1. The van der Waals surface area contributed by atoms with Crippen molar-refractivity contribution in [3.05, 3.63) is 48.0 Å². The highest BCUT2D eigenvalue weighted by Gasteiger charge is 2.23. The van der Waals surface area contributed by atoms with Crippen molar-refractivity contribution in [2.75, 3.05) is 0 Å². The molecule has 4 rings (SSSR count). The number of para-hydroxylation sites is 1. The van der Waals surface area contributed by atoms with E-state index in [2.05, 4.69) is 28.8 Å². The number of benzene rings is 2. The summed E-state index contributed by atoms with van der Waals surface area (Å²) < 4.78 is 2.40. The van der Waals surface area contributed by atoms with Gasteiger partial charge in [-0.15, -0.1) is 0 Å². The predicted molar refractivity (Wildman–Crippen MR) is 83.5 cm³/mol. The molecule has 1 heterocycles. The minimum atomic E-state index is -0.781. The summed E-state index contributed by atoms with van der Waals surface area (Å²) in [7, 11) is 0. The van der Waals surface area contributed by atoms with Crippen LogP contribution in [0.3, 0.4) is 0 Å². The Kier molecular flexibility index (Phi) is 2.74. The van der Waals surface area contributed by atoms with Gasteiger partial charge in [0.1, 0.15) is 0 Å². The molecule has 0 unspecified atom stereocenters. The third kappa shape index (κ3) is 2.19. The quantitative estimate of drug-likeness (QED) is 0.788. The van der Waals surface area contributed by atoms with E-state index in [4.69, 9.17) is 5.11 Å². The maximum absolute atomic E-state index is 10.9. The van der Waals surface area contributed by atoms with Crippen LogP contribution in [-0.4, -0.2) is 15.6 Å². The van der Waals surface area contributed by atoms with E-state index in [1.807, 2.05) is 18.2 Å². The third-order valence-electron chi connectivity index (χ3n) is 4.33. The number of hydrogen-bond donors (Lipinski definition) is 1. The fourth-order valence-corrected chi connectivity index (χ4v) is 3.14. The first-order valence-corrected chi connectivity index (χ1v) is 7.44. The van der Waals surface area contributed by atoms with Crippen molar-refractivity contribution in [1.29, 1.82) is 0 Å². The van der Waals surface area contributed by atoms with Crippen LogP contribution in [0.2, 0.25) is 0 Å². The fraction of sp³-hybridized carbons (Fsp3) is 0.278. The summed E-state index contributed by atoms with van der Waals surface area (Å²) in [5.74, 6) is 0.0266. The van der Waals surface area contributed by atoms with Gasteiger partial charge in [0.25, 0.3) is 0 Å². The van der Waals surface area contributed by atoms with Gasteiger partial charge in [-0.2, -0.15) is 0 Å². The Bertz CT molecular complexity index is 843. The molecule has 1 aromatic heterocycles. The van der Waals surface area contributed by atoms with Gasteiger partial charge in [0.05, 0.1) is 6.42 Å². The summed E-state index contributed by atoms with van der Waals surface area (Å²) in [6.07, 6.45) is 2.73. The van der Waals surface area contributed by atoms with Crippen molar-refractivity contribution in [2.24, 2.45) is 5.92 Å². The van der Waals surface area contributed by atoms with Crippen LogP contribution in [0.1, 0.15) is 18.4 Å². The second-order valence-corrected chi connectivity index (χ2v) is 5.99. The Hall–Kier alpha value is -2.29. The third-order valence-corrected chi connectivity index (χ3v) is 4.33. The van der Waals surface area contributed by atoms with Crippen LogP contribution < -0.4 is 0 Å². The number of carbonyl (C=O) groups is 1. The molecule has 0 bridgehead atoms. The zero-order valence-corrected chi connectivity index (χ0v) is 11.7. The number of nitrogens with zero attached hydrogens (tertiary/aromatic N) is 1. The molecule has 21 heavy (non-hydrogen) atoms. The van der Waals surface area contributed by atoms with Crippen LogP contribution in [0.15, 0.2) is 42.5 Å². The van der Waals surface area contributed by atoms with E-state index in [9.17, 15) is 4.79 Å². The fourth-order valence-electron chi connectivity index (χ4n) is 3.14. The molecule has 106 valence electrons. The average Bonchev–Trinajstić information content (AvgIpc) is 3.23. The Morgan fingerprint density at radius 1 is 1.10 bits per heavy atom. The van der Waals surface area contributed by atoms with E-state index in [-0.39, 0.29) is 6.42 Å². The summed E-state index contributed by atoms with van der Waals surface area (Å²) in [4.78, 5) is 10.9. The topological polar surface area (TPSA) is 42.2 Å². The zero-order valence-electron chi connectivity index (χ0n) is 11.7. The van der Waals surface area contributed by atoms with Gasteiger partial charge in [0.2, 0.25) is 0 Å². The summed E-state index contributed by atoms with van der Waals surface area (Å²) >= 11 is 0. The number of carboxylic acids is 1. The molecule has 1 aliphatic carbocycles. The lowest BCUT2D eigenvalue weighted by Crippen LogP contribution is -2.01. The van der Waals surface area contributed by atoms with Crippen molar-refractivity contribution in [3.8, 4) is 0 Å². The molecule has 3 heteroatoms. The van der Waals surface area contributed by atoms with Crippen LogP contribution in [0.4, 0.5) is 0 Å². The van der Waals surface area contributed by atoms with Crippen molar-refractivity contribution in [1.82, 2.24) is 4.57 Å². The van der Waals surface area contributed by atoms with E-state index in [1.165, 1.54) is 34.6 Å². The molecule has 1 fully saturated rings. The number of aliphatic carboxylic acids is 1. The van der Waals surface area contributed by atoms with E-state index < -0.39 is 5.97 Å². The maximum Gasteiger partial charge on any atom is 0.307 e. The molecule has 1 saturated carbocycles. The number of fused-ring (bicyclic) bond motifs is 3.